The summed E-state index contributed by atoms with van der Waals surface area (Å²) in [5, 5.41) is 9.10. The van der Waals surface area contributed by atoms with Gasteiger partial charge in [-0.25, -0.2) is 0 Å². The van der Waals surface area contributed by atoms with Crippen molar-refractivity contribution in [2.45, 2.75) is 32.6 Å². The molecule has 0 saturated carbocycles. The summed E-state index contributed by atoms with van der Waals surface area (Å²) in [6.07, 6.45) is 1.11. The van der Waals surface area contributed by atoms with E-state index in [1.54, 1.807) is 12.1 Å². The first-order chi connectivity index (χ1) is 5.56. The molecular formula is C11H16OTi. The fraction of sp³-hybridized carbons (Fsp3) is 0.455. The van der Waals surface area contributed by atoms with E-state index in [0.717, 1.165) is 6.42 Å². The third-order valence-corrected chi connectivity index (χ3v) is 2.53. The minimum atomic E-state index is 0. The topological polar surface area (TPSA) is 20.2 Å². The van der Waals surface area contributed by atoms with Gasteiger partial charge in [0.05, 0.1) is 0 Å². The van der Waals surface area contributed by atoms with Crippen molar-refractivity contribution in [3.05, 3.63) is 29.8 Å². The molecule has 0 aliphatic carbocycles. The molecule has 0 aromatic heterocycles. The van der Waals surface area contributed by atoms with Gasteiger partial charge in [0, 0.05) is 21.7 Å². The quantitative estimate of drug-likeness (QED) is 0.747. The predicted molar refractivity (Wildman–Crippen MR) is 51.4 cm³/mol. The Morgan fingerprint density at radius 1 is 1.15 bits per heavy atom. The van der Waals surface area contributed by atoms with Crippen LogP contribution in [0.1, 0.15) is 32.8 Å². The minimum absolute atomic E-state index is 0. The Kier molecular flexibility index (Phi) is 4.73. The van der Waals surface area contributed by atoms with Crippen LogP contribution < -0.4 is 0 Å². The molecule has 0 saturated heterocycles. The van der Waals surface area contributed by atoms with Crippen LogP contribution in [0, 0.1) is 0 Å². The van der Waals surface area contributed by atoms with Gasteiger partial charge < -0.3 is 5.11 Å². The molecule has 0 spiro atoms. The van der Waals surface area contributed by atoms with Crippen LogP contribution in [0.3, 0.4) is 0 Å². The Labute approximate surface area is 95.1 Å². The van der Waals surface area contributed by atoms with Crippen LogP contribution in [0.4, 0.5) is 0 Å². The van der Waals surface area contributed by atoms with Gasteiger partial charge in [-0.1, -0.05) is 32.9 Å². The third kappa shape index (κ3) is 3.17. The van der Waals surface area contributed by atoms with Crippen LogP contribution in [0.15, 0.2) is 24.3 Å². The van der Waals surface area contributed by atoms with Crippen LogP contribution in [-0.4, -0.2) is 5.11 Å². The zero-order valence-corrected chi connectivity index (χ0v) is 10.0. The van der Waals surface area contributed by atoms with Gasteiger partial charge in [-0.15, -0.1) is 0 Å². The normalized spacial score (nSPS) is 10.7. The average Bonchev–Trinajstić information content (AvgIpc) is 2.05. The molecule has 1 rings (SSSR count). The smallest absolute Gasteiger partial charge is 0.115 e. The summed E-state index contributed by atoms with van der Waals surface area (Å²) in [6, 6.07) is 7.46. The van der Waals surface area contributed by atoms with Crippen molar-refractivity contribution in [3.8, 4) is 5.75 Å². The number of aromatic hydroxyl groups is 1. The standard InChI is InChI=1S/C11H16O.Ti/c1-4-11(2,3)9-5-7-10(12)8-6-9;/h5-8,12H,4H2,1-3H3;. The molecule has 0 aliphatic rings. The van der Waals surface area contributed by atoms with E-state index in [2.05, 4.69) is 20.8 Å². The summed E-state index contributed by atoms with van der Waals surface area (Å²) in [6.45, 7) is 6.59. The maximum absolute atomic E-state index is 9.10. The van der Waals surface area contributed by atoms with Gasteiger partial charge in [0.25, 0.3) is 0 Å². The van der Waals surface area contributed by atoms with Crippen molar-refractivity contribution in [1.29, 1.82) is 0 Å². The van der Waals surface area contributed by atoms with E-state index in [0.29, 0.717) is 5.75 Å². The van der Waals surface area contributed by atoms with E-state index < -0.39 is 0 Å². The van der Waals surface area contributed by atoms with Crippen molar-refractivity contribution >= 4 is 0 Å². The van der Waals surface area contributed by atoms with E-state index >= 15 is 0 Å². The average molecular weight is 212 g/mol. The zero-order valence-electron chi connectivity index (χ0n) is 8.46. The largest absolute Gasteiger partial charge is 0.508 e. The van der Waals surface area contributed by atoms with Crippen molar-refractivity contribution in [2.24, 2.45) is 0 Å². The Morgan fingerprint density at radius 3 is 2.00 bits per heavy atom. The Hall–Kier alpha value is -0.266. The summed E-state index contributed by atoms with van der Waals surface area (Å²) in [5.74, 6) is 0.339. The van der Waals surface area contributed by atoms with Gasteiger partial charge in [0.1, 0.15) is 5.75 Å². The number of phenols is 1. The SMILES string of the molecule is CCC(C)(C)c1ccc(O)cc1.[Ti]. The van der Waals surface area contributed by atoms with E-state index in [1.165, 1.54) is 5.56 Å². The number of hydrogen-bond acceptors (Lipinski definition) is 1. The number of rotatable bonds is 2. The molecule has 0 bridgehead atoms. The molecule has 2 heteroatoms. The Morgan fingerprint density at radius 2 is 1.62 bits per heavy atom. The number of hydrogen-bond donors (Lipinski definition) is 1. The summed E-state index contributed by atoms with van der Waals surface area (Å²) in [7, 11) is 0. The molecular weight excluding hydrogens is 196 g/mol. The molecule has 1 aromatic carbocycles. The summed E-state index contributed by atoms with van der Waals surface area (Å²) < 4.78 is 0. The first kappa shape index (κ1) is 12.7. The van der Waals surface area contributed by atoms with Crippen LogP contribution in [-0.2, 0) is 27.1 Å². The maximum Gasteiger partial charge on any atom is 0.115 e. The fourth-order valence-corrected chi connectivity index (χ4v) is 1.12. The molecule has 1 aromatic rings. The van der Waals surface area contributed by atoms with E-state index in [1.807, 2.05) is 12.1 Å². The second-order valence-corrected chi connectivity index (χ2v) is 3.78. The summed E-state index contributed by atoms with van der Waals surface area (Å²) in [5.41, 5.74) is 1.50. The molecule has 0 aliphatic heterocycles. The molecule has 0 radical (unpaired) electrons. The van der Waals surface area contributed by atoms with Gasteiger partial charge in [-0.3, -0.25) is 0 Å². The van der Waals surface area contributed by atoms with E-state index in [-0.39, 0.29) is 27.1 Å². The maximum atomic E-state index is 9.10. The molecule has 0 atom stereocenters. The summed E-state index contributed by atoms with van der Waals surface area (Å²) in [4.78, 5) is 0. The van der Waals surface area contributed by atoms with Crippen LogP contribution >= 0.6 is 0 Å². The molecule has 0 unspecified atom stereocenters. The first-order valence-electron chi connectivity index (χ1n) is 4.36. The minimum Gasteiger partial charge on any atom is -0.508 e. The fourth-order valence-electron chi connectivity index (χ4n) is 1.12. The zero-order chi connectivity index (χ0) is 9.19. The van der Waals surface area contributed by atoms with Crippen molar-refractivity contribution in [2.75, 3.05) is 0 Å². The van der Waals surface area contributed by atoms with Gasteiger partial charge in [0.2, 0.25) is 0 Å². The van der Waals surface area contributed by atoms with Crippen LogP contribution in [0.2, 0.25) is 0 Å². The molecule has 70 valence electrons. The first-order valence-corrected chi connectivity index (χ1v) is 4.36. The van der Waals surface area contributed by atoms with E-state index in [4.69, 9.17) is 5.11 Å². The second kappa shape index (κ2) is 4.83. The summed E-state index contributed by atoms with van der Waals surface area (Å²) >= 11 is 0. The van der Waals surface area contributed by atoms with Crippen molar-refractivity contribution < 1.29 is 26.8 Å². The molecule has 13 heavy (non-hydrogen) atoms. The Balaban J connectivity index is 0.00000144. The van der Waals surface area contributed by atoms with Gasteiger partial charge in [-0.05, 0) is 29.5 Å². The number of phenolic OH excluding ortho intramolecular Hbond substituents is 1. The van der Waals surface area contributed by atoms with Gasteiger partial charge >= 0.3 is 0 Å². The van der Waals surface area contributed by atoms with Gasteiger partial charge in [0.15, 0.2) is 0 Å². The van der Waals surface area contributed by atoms with Gasteiger partial charge in [-0.2, -0.15) is 0 Å². The molecule has 0 fully saturated rings. The van der Waals surface area contributed by atoms with E-state index in [9.17, 15) is 0 Å². The Bertz CT molecular complexity index is 251. The predicted octanol–water partition coefficient (Wildman–Crippen LogP) is 3.08. The molecule has 0 heterocycles. The molecule has 1 nitrogen and oxygen atoms in total. The molecule has 0 amide bonds. The van der Waals surface area contributed by atoms with Crippen LogP contribution in [0.25, 0.3) is 0 Å². The molecule has 1 N–H and O–H groups in total. The third-order valence-electron chi connectivity index (χ3n) is 2.53. The monoisotopic (exact) mass is 212 g/mol. The van der Waals surface area contributed by atoms with Crippen molar-refractivity contribution in [3.63, 3.8) is 0 Å². The van der Waals surface area contributed by atoms with Crippen LogP contribution in [0.5, 0.6) is 5.75 Å². The second-order valence-electron chi connectivity index (χ2n) is 3.78. The number of benzene rings is 1. The van der Waals surface area contributed by atoms with Crippen molar-refractivity contribution in [1.82, 2.24) is 0 Å².